The summed E-state index contributed by atoms with van der Waals surface area (Å²) in [7, 11) is 0. The number of rotatable bonds is 4. The average Bonchev–Trinajstić information content (AvgIpc) is 2.38. The van der Waals surface area contributed by atoms with E-state index in [1.807, 2.05) is 27.7 Å². The van der Waals surface area contributed by atoms with Crippen molar-refractivity contribution >= 4 is 0 Å². The molecular weight excluding hydrogens is 224 g/mol. The molecule has 0 amide bonds. The predicted octanol–water partition coefficient (Wildman–Crippen LogP) is 3.50. The smallest absolute Gasteiger partial charge is 0.0902 e. The molecule has 0 saturated carbocycles. The SMILES string of the molecule is C=COCC1CCN(CC)CC1.CC.CC(C)N.[HH]. The van der Waals surface area contributed by atoms with Gasteiger partial charge in [-0.1, -0.05) is 41.2 Å². The number of hydrogen-bond donors (Lipinski definition) is 1. The maximum atomic E-state index is 5.19. The van der Waals surface area contributed by atoms with Crippen molar-refractivity contribution in [2.45, 2.75) is 53.5 Å². The molecule has 3 heteroatoms. The highest BCUT2D eigenvalue weighted by molar-refractivity contribution is 4.71. The Morgan fingerprint density at radius 2 is 1.83 bits per heavy atom. The third-order valence-corrected chi connectivity index (χ3v) is 2.60. The van der Waals surface area contributed by atoms with Crippen LogP contribution in [0, 0.1) is 5.92 Å². The van der Waals surface area contributed by atoms with Gasteiger partial charge in [0.1, 0.15) is 0 Å². The van der Waals surface area contributed by atoms with E-state index < -0.39 is 0 Å². The molecule has 1 heterocycles. The van der Waals surface area contributed by atoms with Crippen molar-refractivity contribution in [3.05, 3.63) is 12.8 Å². The first kappa shape index (κ1) is 19.8. The maximum absolute atomic E-state index is 5.19. The van der Waals surface area contributed by atoms with Crippen molar-refractivity contribution in [3.8, 4) is 0 Å². The molecule has 0 radical (unpaired) electrons. The molecule has 0 spiro atoms. The molecule has 1 aliphatic rings. The Morgan fingerprint density at radius 1 is 1.39 bits per heavy atom. The monoisotopic (exact) mass is 260 g/mol. The zero-order valence-corrected chi connectivity index (χ0v) is 13.1. The van der Waals surface area contributed by atoms with Gasteiger partial charge in [-0.05, 0) is 44.4 Å². The molecule has 1 fully saturated rings. The van der Waals surface area contributed by atoms with E-state index >= 15 is 0 Å². The molecule has 0 aromatic heterocycles. The van der Waals surface area contributed by atoms with E-state index in [-0.39, 0.29) is 1.43 Å². The first-order valence-corrected chi connectivity index (χ1v) is 7.30. The van der Waals surface area contributed by atoms with Crippen LogP contribution in [0.2, 0.25) is 0 Å². The van der Waals surface area contributed by atoms with Crippen LogP contribution in [0.3, 0.4) is 0 Å². The minimum absolute atomic E-state index is 0. The van der Waals surface area contributed by atoms with E-state index in [1.165, 1.54) is 32.5 Å². The normalized spacial score (nSPS) is 16.2. The molecule has 112 valence electrons. The number of nitrogens with two attached hydrogens (primary N) is 1. The third kappa shape index (κ3) is 13.5. The Morgan fingerprint density at radius 3 is 2.17 bits per heavy atom. The Hall–Kier alpha value is -0.540. The lowest BCUT2D eigenvalue weighted by Gasteiger charge is -2.30. The summed E-state index contributed by atoms with van der Waals surface area (Å²) in [6.07, 6.45) is 4.11. The van der Waals surface area contributed by atoms with Crippen LogP contribution in [0.5, 0.6) is 0 Å². The molecule has 2 N–H and O–H groups in total. The lowest BCUT2D eigenvalue weighted by Crippen LogP contribution is -2.34. The van der Waals surface area contributed by atoms with Gasteiger partial charge in [0, 0.05) is 1.43 Å². The van der Waals surface area contributed by atoms with Crippen molar-refractivity contribution in [2.75, 3.05) is 26.2 Å². The summed E-state index contributed by atoms with van der Waals surface area (Å²) in [5.41, 5.74) is 5.11. The lowest BCUT2D eigenvalue weighted by atomic mass is 9.98. The largest absolute Gasteiger partial charge is 0.502 e. The van der Waals surface area contributed by atoms with Crippen molar-refractivity contribution in [2.24, 2.45) is 11.7 Å². The summed E-state index contributed by atoms with van der Waals surface area (Å²) >= 11 is 0. The fraction of sp³-hybridized carbons (Fsp3) is 0.867. The van der Waals surface area contributed by atoms with Gasteiger partial charge >= 0.3 is 0 Å². The second-order valence-corrected chi connectivity index (χ2v) is 4.62. The molecule has 0 atom stereocenters. The van der Waals surface area contributed by atoms with E-state index in [1.54, 1.807) is 6.26 Å². The fourth-order valence-corrected chi connectivity index (χ4v) is 1.67. The number of likely N-dealkylation sites (tertiary alicyclic amines) is 1. The van der Waals surface area contributed by atoms with Gasteiger partial charge in [-0.15, -0.1) is 0 Å². The highest BCUT2D eigenvalue weighted by Gasteiger charge is 2.17. The second-order valence-electron chi connectivity index (χ2n) is 4.62. The summed E-state index contributed by atoms with van der Waals surface area (Å²) in [6.45, 7) is 18.2. The van der Waals surface area contributed by atoms with E-state index in [0.717, 1.165) is 12.5 Å². The number of hydrogen-bond acceptors (Lipinski definition) is 3. The minimum atomic E-state index is 0. The minimum Gasteiger partial charge on any atom is -0.502 e. The van der Waals surface area contributed by atoms with Crippen LogP contribution in [0.25, 0.3) is 0 Å². The highest BCUT2D eigenvalue weighted by atomic mass is 16.5. The Bertz CT molecular complexity index is 167. The molecule has 1 aliphatic heterocycles. The molecule has 3 nitrogen and oxygen atoms in total. The molecule has 0 unspecified atom stereocenters. The molecule has 1 rings (SSSR count). The van der Waals surface area contributed by atoms with Gasteiger partial charge in [-0.25, -0.2) is 0 Å². The molecule has 0 aromatic rings. The van der Waals surface area contributed by atoms with Crippen LogP contribution in [0.15, 0.2) is 12.8 Å². The fourth-order valence-electron chi connectivity index (χ4n) is 1.67. The number of piperidine rings is 1. The number of ether oxygens (including phenoxy) is 1. The molecule has 18 heavy (non-hydrogen) atoms. The van der Waals surface area contributed by atoms with Crippen LogP contribution in [-0.2, 0) is 4.74 Å². The zero-order valence-electron chi connectivity index (χ0n) is 13.1. The van der Waals surface area contributed by atoms with Crippen molar-refractivity contribution in [1.82, 2.24) is 4.90 Å². The van der Waals surface area contributed by atoms with Gasteiger partial charge < -0.3 is 15.4 Å². The first-order valence-electron chi connectivity index (χ1n) is 7.30. The Kier molecular flexibility index (Phi) is 16.0. The first-order chi connectivity index (χ1) is 8.60. The highest BCUT2D eigenvalue weighted by Crippen LogP contribution is 2.16. The van der Waals surface area contributed by atoms with Crippen LogP contribution in [0.4, 0.5) is 0 Å². The van der Waals surface area contributed by atoms with Gasteiger partial charge in [0.15, 0.2) is 0 Å². The Balaban J connectivity index is -0.000000316. The van der Waals surface area contributed by atoms with Gasteiger partial charge in [0.25, 0.3) is 0 Å². The maximum Gasteiger partial charge on any atom is 0.0902 e. The number of nitrogens with zero attached hydrogens (tertiary/aromatic N) is 1. The van der Waals surface area contributed by atoms with Gasteiger partial charge in [0.2, 0.25) is 0 Å². The van der Waals surface area contributed by atoms with Crippen LogP contribution < -0.4 is 5.73 Å². The summed E-state index contributed by atoms with van der Waals surface area (Å²) in [4.78, 5) is 2.49. The van der Waals surface area contributed by atoms with Crippen LogP contribution in [0.1, 0.15) is 48.9 Å². The van der Waals surface area contributed by atoms with E-state index in [2.05, 4.69) is 18.4 Å². The molecule has 1 saturated heterocycles. The van der Waals surface area contributed by atoms with E-state index in [0.29, 0.717) is 6.04 Å². The average molecular weight is 260 g/mol. The zero-order chi connectivity index (χ0) is 14.4. The van der Waals surface area contributed by atoms with Crippen LogP contribution >= 0.6 is 0 Å². The summed E-state index contributed by atoms with van der Waals surface area (Å²) in [6, 6.07) is 0.333. The van der Waals surface area contributed by atoms with E-state index in [9.17, 15) is 0 Å². The summed E-state index contributed by atoms with van der Waals surface area (Å²) < 4.78 is 5.19. The Labute approximate surface area is 116 Å². The summed E-state index contributed by atoms with van der Waals surface area (Å²) in [5, 5.41) is 0. The van der Waals surface area contributed by atoms with Crippen molar-refractivity contribution in [1.29, 1.82) is 0 Å². The topological polar surface area (TPSA) is 38.5 Å². The van der Waals surface area contributed by atoms with Gasteiger partial charge in [0.05, 0.1) is 12.9 Å². The van der Waals surface area contributed by atoms with E-state index in [4.69, 9.17) is 10.5 Å². The van der Waals surface area contributed by atoms with Crippen molar-refractivity contribution < 1.29 is 6.16 Å². The van der Waals surface area contributed by atoms with Gasteiger partial charge in [-0.3, -0.25) is 0 Å². The molecule has 0 aliphatic carbocycles. The lowest BCUT2D eigenvalue weighted by molar-refractivity contribution is 0.124. The predicted molar refractivity (Wildman–Crippen MR) is 83.8 cm³/mol. The van der Waals surface area contributed by atoms with Crippen molar-refractivity contribution in [3.63, 3.8) is 0 Å². The van der Waals surface area contributed by atoms with Gasteiger partial charge in [-0.2, -0.15) is 0 Å². The molecule has 0 aromatic carbocycles. The quantitative estimate of drug-likeness (QED) is 0.786. The second kappa shape index (κ2) is 14.5. The third-order valence-electron chi connectivity index (χ3n) is 2.60. The molecule has 0 bridgehead atoms. The summed E-state index contributed by atoms with van der Waals surface area (Å²) in [5.74, 6) is 0.755. The van der Waals surface area contributed by atoms with Crippen LogP contribution in [-0.4, -0.2) is 37.2 Å². The standard InChI is InChI=1S/C10H19NO.C3H9N.C2H6.H2/c1-3-11-7-5-10(6-8-11)9-12-4-2;1-3(2)4;1-2;/h4,10H,2-3,5-9H2,1H3;3H,4H2,1-2H3;1-2H3;1H. The molecular formula is C15H36N2O.